The first-order valence-electron chi connectivity index (χ1n) is 11.5. The molecule has 2 aromatic carbocycles. The van der Waals surface area contributed by atoms with Gasteiger partial charge in [0.15, 0.2) is 0 Å². The van der Waals surface area contributed by atoms with Crippen LogP contribution in [0.5, 0.6) is 0 Å². The lowest BCUT2D eigenvalue weighted by molar-refractivity contribution is -0.121. The number of nitrogens with one attached hydrogen (secondary N) is 2. The van der Waals surface area contributed by atoms with Gasteiger partial charge in [-0.2, -0.15) is 0 Å². The van der Waals surface area contributed by atoms with E-state index >= 15 is 0 Å². The van der Waals surface area contributed by atoms with E-state index in [1.54, 1.807) is 0 Å². The molecule has 170 valence electrons. The molecule has 2 heterocycles. The lowest BCUT2D eigenvalue weighted by Crippen LogP contribution is -2.49. The van der Waals surface area contributed by atoms with Crippen LogP contribution in [0.4, 0.5) is 10.5 Å². The predicted octanol–water partition coefficient (Wildman–Crippen LogP) is 3.12. The molecule has 2 aromatic rings. The van der Waals surface area contributed by atoms with Crippen LogP contribution in [0.2, 0.25) is 0 Å². The second-order valence-electron chi connectivity index (χ2n) is 8.44. The monoisotopic (exact) mass is 436 g/mol. The molecule has 1 unspecified atom stereocenters. The van der Waals surface area contributed by atoms with Crippen molar-refractivity contribution >= 4 is 17.6 Å². The second kappa shape index (κ2) is 11.1. The third kappa shape index (κ3) is 6.08. The number of piperidine rings is 1. The molecule has 1 atom stereocenters. The van der Waals surface area contributed by atoms with E-state index in [9.17, 15) is 9.59 Å². The minimum atomic E-state index is -0.0825. The maximum Gasteiger partial charge on any atom is 0.317 e. The van der Waals surface area contributed by atoms with Crippen LogP contribution in [0, 0.1) is 5.92 Å². The van der Waals surface area contributed by atoms with Crippen molar-refractivity contribution in [2.75, 3.05) is 51.3 Å². The first kappa shape index (κ1) is 22.3. The highest BCUT2D eigenvalue weighted by Crippen LogP contribution is 2.21. The van der Waals surface area contributed by atoms with Crippen molar-refractivity contribution in [1.82, 2.24) is 15.1 Å². The summed E-state index contributed by atoms with van der Waals surface area (Å²) >= 11 is 0. The van der Waals surface area contributed by atoms with Gasteiger partial charge in [-0.3, -0.25) is 9.69 Å². The van der Waals surface area contributed by atoms with Crippen LogP contribution in [-0.4, -0.2) is 67.7 Å². The van der Waals surface area contributed by atoms with Gasteiger partial charge in [-0.05, 0) is 30.5 Å². The Morgan fingerprint density at radius 1 is 0.906 bits per heavy atom. The molecule has 0 bridgehead atoms. The molecule has 0 radical (unpaired) electrons. The number of anilines is 1. The van der Waals surface area contributed by atoms with Gasteiger partial charge >= 0.3 is 6.03 Å². The number of morpholine rings is 1. The predicted molar refractivity (Wildman–Crippen MR) is 124 cm³/mol. The fourth-order valence-corrected chi connectivity index (χ4v) is 4.31. The number of ether oxygens (including phenoxy) is 1. The summed E-state index contributed by atoms with van der Waals surface area (Å²) < 4.78 is 5.46. The van der Waals surface area contributed by atoms with Crippen molar-refractivity contribution in [3.05, 3.63) is 66.2 Å². The summed E-state index contributed by atoms with van der Waals surface area (Å²) in [5.74, 6) is -0.0386. The molecule has 0 saturated carbocycles. The molecular formula is C25H32N4O3. The summed E-state index contributed by atoms with van der Waals surface area (Å²) in [4.78, 5) is 29.8. The Labute approximate surface area is 189 Å². The number of rotatable bonds is 6. The van der Waals surface area contributed by atoms with E-state index in [0.29, 0.717) is 25.9 Å². The number of nitrogens with zero attached hydrogens (tertiary/aromatic N) is 2. The average Bonchev–Trinajstić information content (AvgIpc) is 2.85. The summed E-state index contributed by atoms with van der Waals surface area (Å²) in [6.45, 7) is 5.13. The molecule has 7 nitrogen and oxygen atoms in total. The summed E-state index contributed by atoms with van der Waals surface area (Å²) in [6.07, 6.45) is 1.34. The van der Waals surface area contributed by atoms with Gasteiger partial charge in [0.05, 0.1) is 19.3 Å². The SMILES string of the molecule is O=C(Nc1ccccc1)C1CCN(C(=O)NC(CN2CCOCC2)c2ccccc2)CC1. The van der Waals surface area contributed by atoms with Gasteiger partial charge in [-0.15, -0.1) is 0 Å². The smallest absolute Gasteiger partial charge is 0.317 e. The number of likely N-dealkylation sites (tertiary alicyclic amines) is 1. The van der Waals surface area contributed by atoms with E-state index in [4.69, 9.17) is 4.74 Å². The van der Waals surface area contributed by atoms with Crippen molar-refractivity contribution in [2.45, 2.75) is 18.9 Å². The first-order valence-corrected chi connectivity index (χ1v) is 11.5. The molecule has 32 heavy (non-hydrogen) atoms. The Kier molecular flexibility index (Phi) is 7.74. The maximum absolute atomic E-state index is 13.1. The van der Waals surface area contributed by atoms with Gasteiger partial charge < -0.3 is 20.3 Å². The van der Waals surface area contributed by atoms with Gasteiger partial charge in [0.1, 0.15) is 0 Å². The minimum Gasteiger partial charge on any atom is -0.379 e. The van der Waals surface area contributed by atoms with Crippen LogP contribution in [-0.2, 0) is 9.53 Å². The van der Waals surface area contributed by atoms with Crippen molar-refractivity contribution in [1.29, 1.82) is 0 Å². The van der Waals surface area contributed by atoms with E-state index < -0.39 is 0 Å². The molecule has 7 heteroatoms. The molecule has 2 aliphatic rings. The van der Waals surface area contributed by atoms with Gasteiger partial charge in [0.2, 0.25) is 5.91 Å². The van der Waals surface area contributed by atoms with E-state index in [1.165, 1.54) is 0 Å². The highest BCUT2D eigenvalue weighted by atomic mass is 16.5. The average molecular weight is 437 g/mol. The quantitative estimate of drug-likeness (QED) is 0.730. The molecular weight excluding hydrogens is 404 g/mol. The topological polar surface area (TPSA) is 73.9 Å². The summed E-state index contributed by atoms with van der Waals surface area (Å²) in [7, 11) is 0. The number of carbonyl (C=O) groups is 2. The van der Waals surface area contributed by atoms with Gasteiger partial charge in [0, 0.05) is 44.3 Å². The number of para-hydroxylation sites is 1. The van der Waals surface area contributed by atoms with E-state index in [0.717, 1.165) is 44.1 Å². The lowest BCUT2D eigenvalue weighted by atomic mass is 9.96. The standard InChI is InChI=1S/C25H32N4O3/c30-24(26-22-9-5-2-6-10-22)21-11-13-29(14-12-21)25(31)27-23(20-7-3-1-4-8-20)19-28-15-17-32-18-16-28/h1-10,21,23H,11-19H2,(H,26,30)(H,27,31). The zero-order valence-corrected chi connectivity index (χ0v) is 18.4. The van der Waals surface area contributed by atoms with E-state index in [1.807, 2.05) is 53.4 Å². The third-order valence-corrected chi connectivity index (χ3v) is 6.24. The Balaban J connectivity index is 1.31. The van der Waals surface area contributed by atoms with Crippen LogP contribution in [0.25, 0.3) is 0 Å². The fourth-order valence-electron chi connectivity index (χ4n) is 4.31. The molecule has 2 aliphatic heterocycles. The molecule has 2 fully saturated rings. The zero-order valence-electron chi connectivity index (χ0n) is 18.4. The third-order valence-electron chi connectivity index (χ3n) is 6.24. The fraction of sp³-hybridized carbons (Fsp3) is 0.440. The van der Waals surface area contributed by atoms with Crippen molar-refractivity contribution in [2.24, 2.45) is 5.92 Å². The van der Waals surface area contributed by atoms with E-state index in [-0.39, 0.29) is 23.9 Å². The molecule has 0 aliphatic carbocycles. The number of carbonyl (C=O) groups excluding carboxylic acids is 2. The van der Waals surface area contributed by atoms with Crippen molar-refractivity contribution in [3.63, 3.8) is 0 Å². The Hall–Kier alpha value is -2.90. The second-order valence-corrected chi connectivity index (χ2v) is 8.44. The van der Waals surface area contributed by atoms with Crippen LogP contribution < -0.4 is 10.6 Å². The van der Waals surface area contributed by atoms with Crippen molar-refractivity contribution in [3.8, 4) is 0 Å². The zero-order chi connectivity index (χ0) is 22.2. The Morgan fingerprint density at radius 3 is 2.19 bits per heavy atom. The lowest BCUT2D eigenvalue weighted by Gasteiger charge is -2.35. The molecule has 0 spiro atoms. The van der Waals surface area contributed by atoms with E-state index in [2.05, 4.69) is 27.7 Å². The van der Waals surface area contributed by atoms with Crippen molar-refractivity contribution < 1.29 is 14.3 Å². The van der Waals surface area contributed by atoms with Crippen LogP contribution in [0.15, 0.2) is 60.7 Å². The number of hydrogen-bond acceptors (Lipinski definition) is 4. The van der Waals surface area contributed by atoms with Gasteiger partial charge in [0.25, 0.3) is 0 Å². The van der Waals surface area contributed by atoms with Crippen LogP contribution in [0.1, 0.15) is 24.4 Å². The Bertz CT molecular complexity index is 863. The number of urea groups is 1. The molecule has 4 rings (SSSR count). The minimum absolute atomic E-state index is 0.0331. The normalized spacial score (nSPS) is 18.7. The summed E-state index contributed by atoms with van der Waals surface area (Å²) in [5, 5.41) is 6.22. The molecule has 0 aromatic heterocycles. The number of amides is 3. The van der Waals surface area contributed by atoms with Crippen LogP contribution in [0.3, 0.4) is 0 Å². The first-order chi connectivity index (χ1) is 15.7. The summed E-state index contributed by atoms with van der Waals surface area (Å²) in [6, 6.07) is 19.5. The van der Waals surface area contributed by atoms with Gasteiger partial charge in [-0.1, -0.05) is 48.5 Å². The number of hydrogen-bond donors (Lipinski definition) is 2. The largest absolute Gasteiger partial charge is 0.379 e. The number of benzene rings is 2. The van der Waals surface area contributed by atoms with Gasteiger partial charge in [-0.25, -0.2) is 4.79 Å². The summed E-state index contributed by atoms with van der Waals surface area (Å²) in [5.41, 5.74) is 1.91. The molecule has 2 N–H and O–H groups in total. The molecule has 2 saturated heterocycles. The van der Waals surface area contributed by atoms with Crippen LogP contribution >= 0.6 is 0 Å². The Morgan fingerprint density at radius 2 is 1.53 bits per heavy atom. The maximum atomic E-state index is 13.1. The molecule has 3 amide bonds. The highest BCUT2D eigenvalue weighted by Gasteiger charge is 2.29. The highest BCUT2D eigenvalue weighted by molar-refractivity contribution is 5.92.